The summed E-state index contributed by atoms with van der Waals surface area (Å²) in [5, 5.41) is 70.7. The Kier molecular flexibility index (Phi) is 77.0. The Morgan fingerprint density at radius 2 is 0.913 bits per heavy atom. The van der Waals surface area contributed by atoms with Crippen LogP contribution in [-0.4, -0.2) is 346 Å². The standard InChI is InChI=1S/C16H22N2O5.C11H18N2O4.C10H18N2O5.C9H16N2O7S.C8H14N2O4.C7H14N2O5S.C6H12N2O3.C6H11NO3/c17-13(10-12-4-2-1-3-5-12)14(20)6-7-15(21)18-11-16(22)23-9-8-19;1-13-6-2-3-8(13)9(14)4-5-10(15)12-7-11(16)17;1-7(10(16)17-5-4-13)12-9(15)3-2-8(14)6-11;1-10-4-6(12)2-3-8(13)11-7(9(14)15)5-19(16,17)18;1-5(9)6(11)2-3-7(12)10-4-8(13)14;8-5-6(10)1-2-7(11)9-3-4-15(12,13)14;1-2-11-6(10)4-8-5(9)3-7;1-2-3-5(8)7-4-6(9)10/h1-5,13,19H,6-11,17H2,(H,18,21);8H,2-7H2,1H3,(H,12,15)(H,16,17);7,13H,2-6,11H2,1H3,(H,12,15);7,10H,2-5H2,1H3,(H,11,13)(H,14,15)(H,16,17,18);5H,2-4,9H2,1H3,(H,10,12)(H,13,14);1-5,8H2,(H,9,11)(H,12,13,14);2-4,7H2,1H3,(H,8,9);2-4H2,1H3,(H,7,8)(H,9,10). The van der Waals surface area contributed by atoms with Gasteiger partial charge in [0.15, 0.2) is 0 Å². The average molecular weight is 1850 g/mol. The van der Waals surface area contributed by atoms with Crippen molar-refractivity contribution in [3.63, 3.8) is 0 Å². The third-order valence-electron chi connectivity index (χ3n) is 14.9. The number of carboxylic acid groups (broad SMARTS) is 4. The summed E-state index contributed by atoms with van der Waals surface area (Å²) in [5.41, 5.74) is 27.1. The number of likely N-dealkylation sites (tertiary alicyclic amines) is 1. The predicted octanol–water partition coefficient (Wildman–Crippen LogP) is -8.67. The zero-order valence-electron chi connectivity index (χ0n) is 71.2. The van der Waals surface area contributed by atoms with Crippen LogP contribution in [0, 0.1) is 0 Å². The molecule has 1 aromatic rings. The second-order valence-electron chi connectivity index (χ2n) is 26.0. The molecule has 0 bridgehead atoms. The summed E-state index contributed by atoms with van der Waals surface area (Å²) < 4.78 is 72.2. The van der Waals surface area contributed by atoms with Crippen LogP contribution >= 0.6 is 0 Å². The number of ketones is 6. The number of rotatable bonds is 54. The molecule has 53 heteroatoms. The maximum Gasteiger partial charge on any atom is 0.328 e. The van der Waals surface area contributed by atoms with E-state index in [0.717, 1.165) is 31.4 Å². The van der Waals surface area contributed by atoms with Crippen LogP contribution < -0.4 is 76.5 Å². The zero-order valence-corrected chi connectivity index (χ0v) is 72.8. The molecule has 1 fully saturated rings. The molecule has 8 amide bonds. The summed E-state index contributed by atoms with van der Waals surface area (Å²) in [5.74, 6) is -12.7. The first-order valence-electron chi connectivity index (χ1n) is 38.6. The van der Waals surface area contributed by atoms with Crippen LogP contribution in [0.15, 0.2) is 30.3 Å². The van der Waals surface area contributed by atoms with Crippen molar-refractivity contribution in [1.29, 1.82) is 0 Å². The Hall–Kier alpha value is -11.3. The number of aliphatic hydroxyl groups excluding tert-OH is 2. The maximum absolute atomic E-state index is 11.9. The first kappa shape index (κ1) is 126. The lowest BCUT2D eigenvalue weighted by molar-refractivity contribution is -0.148. The van der Waals surface area contributed by atoms with E-state index >= 15 is 0 Å². The minimum absolute atomic E-state index is 0.00630. The number of nitrogens with two attached hydrogens (primary N) is 5. The lowest BCUT2D eigenvalue weighted by Crippen LogP contribution is -2.45. The molecule has 0 radical (unpaired) electrons. The smallest absolute Gasteiger partial charge is 0.328 e. The number of aliphatic carboxylic acids is 4. The fourth-order valence-corrected chi connectivity index (χ4v) is 9.49. The van der Waals surface area contributed by atoms with Crippen molar-refractivity contribution in [3.8, 4) is 0 Å². The van der Waals surface area contributed by atoms with Crippen molar-refractivity contribution in [3.05, 3.63) is 35.9 Å². The van der Waals surface area contributed by atoms with Gasteiger partial charge in [-0.25, -0.2) is 9.59 Å². The number of esters is 3. The van der Waals surface area contributed by atoms with Gasteiger partial charge in [-0.3, -0.25) is 105 Å². The number of hydrogen-bond acceptors (Lipinski definition) is 37. The topological polar surface area (TPSA) is 858 Å². The van der Waals surface area contributed by atoms with Crippen molar-refractivity contribution in [1.82, 2.24) is 52.8 Å². The zero-order chi connectivity index (χ0) is 97.9. The average Bonchev–Trinajstić information content (AvgIpc) is 1.21. The Labute approximate surface area is 727 Å². The Morgan fingerprint density at radius 3 is 1.33 bits per heavy atom. The normalized spacial score (nSPS) is 12.5. The molecule has 51 nitrogen and oxygen atoms in total. The van der Waals surface area contributed by atoms with Gasteiger partial charge in [-0.2, -0.15) is 16.8 Å². The number of hydrogen-bond donors (Lipinski definition) is 22. The fourth-order valence-electron chi connectivity index (χ4n) is 8.48. The first-order chi connectivity index (χ1) is 58.8. The third-order valence-corrected chi connectivity index (χ3v) is 16.4. The van der Waals surface area contributed by atoms with Crippen molar-refractivity contribution in [2.75, 3.05) is 131 Å². The van der Waals surface area contributed by atoms with Crippen LogP contribution in [0.4, 0.5) is 0 Å². The molecular weight excluding hydrogens is 1730 g/mol. The highest BCUT2D eigenvalue weighted by Crippen LogP contribution is 2.17. The molecule has 0 aliphatic carbocycles. The monoisotopic (exact) mass is 1850 g/mol. The number of nitrogens with zero attached hydrogens (tertiary/aromatic N) is 1. The summed E-state index contributed by atoms with van der Waals surface area (Å²) in [4.78, 5) is 231. The largest absolute Gasteiger partial charge is 0.480 e. The van der Waals surface area contributed by atoms with Gasteiger partial charge in [0.25, 0.3) is 20.2 Å². The van der Waals surface area contributed by atoms with E-state index in [1.165, 1.54) is 13.8 Å². The molecular formula is C73H125N15O36S2. The molecule has 1 heterocycles. The van der Waals surface area contributed by atoms with Crippen LogP contribution in [0.3, 0.4) is 0 Å². The number of nitrogens with one attached hydrogen (secondary N) is 9. The van der Waals surface area contributed by atoms with E-state index in [2.05, 4.69) is 56.7 Å². The van der Waals surface area contributed by atoms with Gasteiger partial charge in [0, 0.05) is 90.0 Å². The molecule has 1 aliphatic rings. The summed E-state index contributed by atoms with van der Waals surface area (Å²) in [6, 6.07) is 5.54. The van der Waals surface area contributed by atoms with E-state index < -0.39 is 140 Å². The van der Waals surface area contributed by atoms with Gasteiger partial charge < -0.3 is 121 Å². The van der Waals surface area contributed by atoms with E-state index in [0.29, 0.717) is 19.4 Å². The SMILES string of the molecule is CC(N)C(=O)CCC(=O)NCC(=O)O.CC(NC(=O)CCC(=O)CN)C(=O)OCCO.CCCC(=O)NCC(=O)O.CCOC(=O)CNC(=O)CN.CN1CCCC1C(=O)CCC(=O)NCC(=O)O.CNCC(=O)CCC(=O)NC(CS(=O)(=O)O)C(=O)O.NC(Cc1ccccc1)C(=O)CCC(=O)NCC(=O)OCCO.NCC(=O)CCC(=O)NCCS(=O)(=O)O. The third kappa shape index (κ3) is 84.9. The minimum atomic E-state index is -4.53. The van der Waals surface area contributed by atoms with Crippen LogP contribution in [0.1, 0.15) is 136 Å². The Morgan fingerprint density at radius 1 is 0.492 bits per heavy atom. The van der Waals surface area contributed by atoms with Crippen molar-refractivity contribution in [2.45, 2.75) is 167 Å². The van der Waals surface area contributed by atoms with Crippen LogP contribution in [0.5, 0.6) is 0 Å². The Bertz CT molecular complexity index is 3800. The highest BCUT2D eigenvalue weighted by molar-refractivity contribution is 7.86. The van der Waals surface area contributed by atoms with Gasteiger partial charge in [-0.15, -0.1) is 0 Å². The summed E-state index contributed by atoms with van der Waals surface area (Å²) in [6.07, 6.45) is 3.40. The quantitative estimate of drug-likeness (QED) is 0.0164. The van der Waals surface area contributed by atoms with Crippen LogP contribution in [0.25, 0.3) is 0 Å². The molecule has 0 saturated carbocycles. The number of amides is 8. The lowest BCUT2D eigenvalue weighted by Gasteiger charge is -2.17. The molecule has 27 N–H and O–H groups in total. The van der Waals surface area contributed by atoms with Gasteiger partial charge in [0.2, 0.25) is 47.3 Å². The number of carbonyl (C=O) groups excluding carboxylic acids is 17. The summed E-state index contributed by atoms with van der Waals surface area (Å²) in [7, 11) is -5.12. The van der Waals surface area contributed by atoms with Gasteiger partial charge in [-0.05, 0) is 72.7 Å². The van der Waals surface area contributed by atoms with E-state index in [4.69, 9.17) is 68.4 Å². The number of carboxylic acids is 4. The van der Waals surface area contributed by atoms with E-state index in [1.54, 1.807) is 14.0 Å². The molecule has 1 saturated heterocycles. The maximum atomic E-state index is 11.9. The molecule has 5 atom stereocenters. The molecule has 0 spiro atoms. The first-order valence-corrected chi connectivity index (χ1v) is 41.9. The number of benzene rings is 1. The van der Waals surface area contributed by atoms with Gasteiger partial charge >= 0.3 is 41.8 Å². The van der Waals surface area contributed by atoms with Crippen molar-refractivity contribution < 1.29 is 171 Å². The van der Waals surface area contributed by atoms with Gasteiger partial charge in [-0.1, -0.05) is 37.3 Å². The summed E-state index contributed by atoms with van der Waals surface area (Å²) in [6.45, 7) is 5.14. The second-order valence-corrected chi connectivity index (χ2v) is 29.0. The molecule has 720 valence electrons. The van der Waals surface area contributed by atoms with Crippen molar-refractivity contribution in [2.24, 2.45) is 28.7 Å². The van der Waals surface area contributed by atoms with E-state index in [-0.39, 0.29) is 214 Å². The molecule has 126 heavy (non-hydrogen) atoms. The highest BCUT2D eigenvalue weighted by atomic mass is 32.2. The van der Waals surface area contributed by atoms with Crippen LogP contribution in [0.2, 0.25) is 0 Å². The number of ether oxygens (including phenoxy) is 3. The van der Waals surface area contributed by atoms with Crippen molar-refractivity contribution >= 4 is 144 Å². The van der Waals surface area contributed by atoms with E-state index in [1.807, 2.05) is 54.5 Å². The molecule has 2 rings (SSSR count). The van der Waals surface area contributed by atoms with Gasteiger partial charge in [0.1, 0.15) is 98.5 Å². The molecule has 1 aromatic carbocycles. The summed E-state index contributed by atoms with van der Waals surface area (Å²) >= 11 is 0. The number of carbonyl (C=O) groups is 21. The highest BCUT2D eigenvalue weighted by Gasteiger charge is 2.29. The predicted molar refractivity (Wildman–Crippen MR) is 443 cm³/mol. The fraction of sp³-hybridized carbons (Fsp3) is 0.630. The van der Waals surface area contributed by atoms with Gasteiger partial charge in [0.05, 0.1) is 69.9 Å². The number of likely N-dealkylation sites (N-methyl/N-ethyl adjacent to an activating group) is 2. The Balaban J connectivity index is -0.000000330. The molecule has 1 aliphatic heterocycles. The minimum Gasteiger partial charge on any atom is -0.480 e. The van der Waals surface area contributed by atoms with Crippen LogP contribution in [-0.2, 0) is 142 Å². The lowest BCUT2D eigenvalue weighted by atomic mass is 10.0. The molecule has 5 unspecified atom stereocenters. The number of Topliss-reactive ketones (excluding diaryl/α,β-unsaturated/α-hetero) is 6. The molecule has 0 aromatic heterocycles. The van der Waals surface area contributed by atoms with E-state index in [9.17, 15) is 118 Å². The second kappa shape index (κ2) is 77.3. The number of aliphatic hydroxyl groups is 2.